The highest BCUT2D eigenvalue weighted by Gasteiger charge is 2.40. The number of carbonyl (C=O) groups is 2. The third-order valence-electron chi connectivity index (χ3n) is 6.44. The van der Waals surface area contributed by atoms with Crippen molar-refractivity contribution < 1.29 is 9.59 Å². The molecule has 2 amide bonds. The predicted molar refractivity (Wildman–Crippen MR) is 104 cm³/mol. The lowest BCUT2D eigenvalue weighted by Gasteiger charge is -2.36. The molecule has 0 spiro atoms. The molecule has 0 bridgehead atoms. The molecule has 3 atom stereocenters. The Labute approximate surface area is 161 Å². The van der Waals surface area contributed by atoms with Crippen LogP contribution < -0.4 is 11.1 Å². The van der Waals surface area contributed by atoms with Gasteiger partial charge in [-0.15, -0.1) is 12.4 Å². The first-order chi connectivity index (χ1) is 12.2. The second-order valence-corrected chi connectivity index (χ2v) is 7.75. The van der Waals surface area contributed by atoms with Gasteiger partial charge in [0.25, 0.3) is 0 Å². The van der Waals surface area contributed by atoms with Gasteiger partial charge in [0.05, 0.1) is 5.92 Å². The molecule has 1 aliphatic carbocycles. The molecule has 3 aliphatic rings. The van der Waals surface area contributed by atoms with Crippen molar-refractivity contribution in [2.45, 2.75) is 38.0 Å². The van der Waals surface area contributed by atoms with Crippen molar-refractivity contribution in [3.05, 3.63) is 29.8 Å². The number of nitrogens with zero attached hydrogens (tertiary/aromatic N) is 1. The van der Waals surface area contributed by atoms with Crippen molar-refractivity contribution in [2.75, 3.05) is 25.0 Å². The number of para-hydroxylation sites is 1. The van der Waals surface area contributed by atoms with E-state index in [0.717, 1.165) is 56.4 Å². The van der Waals surface area contributed by atoms with Crippen LogP contribution in [-0.4, -0.2) is 36.3 Å². The van der Waals surface area contributed by atoms with Gasteiger partial charge in [-0.3, -0.25) is 9.59 Å². The molecule has 2 aliphatic heterocycles. The van der Waals surface area contributed by atoms with E-state index in [-0.39, 0.29) is 30.2 Å². The molecular formula is C20H28ClN3O2. The van der Waals surface area contributed by atoms with E-state index >= 15 is 0 Å². The highest BCUT2D eigenvalue weighted by molar-refractivity contribution is 6.03. The molecule has 4 rings (SSSR count). The molecule has 5 nitrogen and oxygen atoms in total. The normalized spacial score (nSPS) is 28.4. The summed E-state index contributed by atoms with van der Waals surface area (Å²) in [6.07, 6.45) is 4.99. The van der Waals surface area contributed by atoms with Gasteiger partial charge in [-0.2, -0.15) is 0 Å². The maximum atomic E-state index is 12.9. The molecule has 6 heteroatoms. The van der Waals surface area contributed by atoms with Crippen LogP contribution >= 0.6 is 12.4 Å². The molecule has 1 aromatic carbocycles. The van der Waals surface area contributed by atoms with Crippen LogP contribution in [0.5, 0.6) is 0 Å². The standard InChI is InChI=1S/C20H27N3O2.ClH/c21-12-14-4-3-6-15(14)20(25)23-10-8-13(9-11-23)18-16-5-1-2-7-17(16)22-19(18)24;/h1-2,5,7,13-15,18H,3-4,6,8-12,21H2,(H,22,24);1H/t14-,15-,18?;/m1./s1. The molecule has 0 aromatic heterocycles. The number of hydrogen-bond donors (Lipinski definition) is 2. The zero-order chi connectivity index (χ0) is 17.4. The van der Waals surface area contributed by atoms with Crippen molar-refractivity contribution in [1.29, 1.82) is 0 Å². The number of hydrogen-bond acceptors (Lipinski definition) is 3. The van der Waals surface area contributed by atoms with Gasteiger partial charge in [0.1, 0.15) is 0 Å². The summed E-state index contributed by atoms with van der Waals surface area (Å²) in [5.41, 5.74) is 7.91. The van der Waals surface area contributed by atoms with Crippen LogP contribution in [0.2, 0.25) is 0 Å². The molecule has 2 heterocycles. The molecular weight excluding hydrogens is 350 g/mol. The van der Waals surface area contributed by atoms with Gasteiger partial charge < -0.3 is 16.0 Å². The van der Waals surface area contributed by atoms with E-state index < -0.39 is 0 Å². The van der Waals surface area contributed by atoms with Crippen LogP contribution in [-0.2, 0) is 9.59 Å². The molecule has 1 saturated carbocycles. The van der Waals surface area contributed by atoms with Gasteiger partial charge in [0.15, 0.2) is 0 Å². The number of fused-ring (bicyclic) bond motifs is 1. The maximum Gasteiger partial charge on any atom is 0.232 e. The van der Waals surface area contributed by atoms with E-state index in [0.29, 0.717) is 24.3 Å². The van der Waals surface area contributed by atoms with Crippen LogP contribution in [0.15, 0.2) is 24.3 Å². The number of nitrogens with one attached hydrogen (secondary N) is 1. The molecule has 142 valence electrons. The second-order valence-electron chi connectivity index (χ2n) is 7.75. The summed E-state index contributed by atoms with van der Waals surface area (Å²) < 4.78 is 0. The van der Waals surface area contributed by atoms with Crippen molar-refractivity contribution in [3.8, 4) is 0 Å². The minimum Gasteiger partial charge on any atom is -0.342 e. The molecule has 26 heavy (non-hydrogen) atoms. The molecule has 1 aromatic rings. The van der Waals surface area contributed by atoms with Gasteiger partial charge in [0.2, 0.25) is 11.8 Å². The lowest BCUT2D eigenvalue weighted by molar-refractivity contribution is -0.138. The summed E-state index contributed by atoms with van der Waals surface area (Å²) in [7, 11) is 0. The number of benzene rings is 1. The van der Waals surface area contributed by atoms with Gasteiger partial charge in [0, 0.05) is 24.7 Å². The van der Waals surface area contributed by atoms with Gasteiger partial charge in [-0.1, -0.05) is 24.6 Å². The average molecular weight is 378 g/mol. The van der Waals surface area contributed by atoms with Crippen LogP contribution in [0.25, 0.3) is 0 Å². The van der Waals surface area contributed by atoms with Crippen LogP contribution in [0, 0.1) is 17.8 Å². The van der Waals surface area contributed by atoms with E-state index in [9.17, 15) is 9.59 Å². The zero-order valence-electron chi connectivity index (χ0n) is 15.0. The molecule has 2 fully saturated rings. The van der Waals surface area contributed by atoms with E-state index in [4.69, 9.17) is 5.73 Å². The quantitative estimate of drug-likeness (QED) is 0.850. The third kappa shape index (κ3) is 3.35. The molecule has 1 saturated heterocycles. The number of likely N-dealkylation sites (tertiary alicyclic amines) is 1. The summed E-state index contributed by atoms with van der Waals surface area (Å²) in [6.45, 7) is 2.15. The number of anilines is 1. The van der Waals surface area contributed by atoms with Gasteiger partial charge in [-0.05, 0) is 55.7 Å². The Morgan fingerprint density at radius 3 is 2.62 bits per heavy atom. The fourth-order valence-corrected chi connectivity index (χ4v) is 5.03. The Morgan fingerprint density at radius 2 is 1.88 bits per heavy atom. The highest BCUT2D eigenvalue weighted by Crippen LogP contribution is 2.41. The zero-order valence-corrected chi connectivity index (χ0v) is 15.8. The smallest absolute Gasteiger partial charge is 0.232 e. The van der Waals surface area contributed by atoms with Gasteiger partial charge >= 0.3 is 0 Å². The SMILES string of the molecule is Cl.NC[C@H]1CCC[C@H]1C(=O)N1CCC(C2C(=O)Nc3ccccc32)CC1. The Balaban J connectivity index is 0.00000196. The number of carbonyl (C=O) groups excluding carboxylic acids is 2. The predicted octanol–water partition coefficient (Wildman–Crippen LogP) is 2.76. The summed E-state index contributed by atoms with van der Waals surface area (Å²) in [6, 6.07) is 7.98. The van der Waals surface area contributed by atoms with E-state index in [1.54, 1.807) is 0 Å². The number of nitrogens with two attached hydrogens (primary N) is 1. The minimum absolute atomic E-state index is 0. The molecule has 3 N–H and O–H groups in total. The summed E-state index contributed by atoms with van der Waals surface area (Å²) in [4.78, 5) is 27.3. The maximum absolute atomic E-state index is 12.9. The average Bonchev–Trinajstić information content (AvgIpc) is 3.24. The third-order valence-corrected chi connectivity index (χ3v) is 6.44. The first-order valence-electron chi connectivity index (χ1n) is 9.57. The van der Waals surface area contributed by atoms with E-state index in [2.05, 4.69) is 11.4 Å². The van der Waals surface area contributed by atoms with Crippen molar-refractivity contribution in [3.63, 3.8) is 0 Å². The molecule has 0 radical (unpaired) electrons. The topological polar surface area (TPSA) is 75.4 Å². The monoisotopic (exact) mass is 377 g/mol. The summed E-state index contributed by atoms with van der Waals surface area (Å²) in [5.74, 6) is 1.15. The van der Waals surface area contributed by atoms with E-state index in [1.165, 1.54) is 0 Å². The fourth-order valence-electron chi connectivity index (χ4n) is 5.03. The second kappa shape index (κ2) is 7.97. The summed E-state index contributed by atoms with van der Waals surface area (Å²) >= 11 is 0. The van der Waals surface area contributed by atoms with Crippen molar-refractivity contribution >= 4 is 29.9 Å². The van der Waals surface area contributed by atoms with Crippen LogP contribution in [0.3, 0.4) is 0 Å². The Morgan fingerprint density at radius 1 is 1.15 bits per heavy atom. The van der Waals surface area contributed by atoms with Gasteiger partial charge in [-0.25, -0.2) is 0 Å². The van der Waals surface area contributed by atoms with Crippen LogP contribution in [0.4, 0.5) is 5.69 Å². The fraction of sp³-hybridized carbons (Fsp3) is 0.600. The van der Waals surface area contributed by atoms with E-state index in [1.807, 2.05) is 23.1 Å². The first kappa shape index (κ1) is 19.2. The minimum atomic E-state index is -0.0586. The Kier molecular flexibility index (Phi) is 5.88. The van der Waals surface area contributed by atoms with Crippen LogP contribution in [0.1, 0.15) is 43.6 Å². The largest absolute Gasteiger partial charge is 0.342 e. The number of piperidine rings is 1. The summed E-state index contributed by atoms with van der Waals surface area (Å²) in [5, 5.41) is 3.00. The van der Waals surface area contributed by atoms with Crippen molar-refractivity contribution in [1.82, 2.24) is 4.90 Å². The lowest BCUT2D eigenvalue weighted by atomic mass is 9.80. The Bertz CT molecular complexity index is 673. The van der Waals surface area contributed by atoms with Crippen molar-refractivity contribution in [2.24, 2.45) is 23.5 Å². The lowest BCUT2D eigenvalue weighted by Crippen LogP contribution is -2.44. The molecule has 1 unspecified atom stereocenters. The highest BCUT2D eigenvalue weighted by atomic mass is 35.5. The number of rotatable bonds is 3. The first-order valence-corrected chi connectivity index (χ1v) is 9.57. The number of halogens is 1. The Hall–Kier alpha value is -1.59. The number of amides is 2.